The van der Waals surface area contributed by atoms with Crippen molar-refractivity contribution in [1.29, 1.82) is 0 Å². The van der Waals surface area contributed by atoms with E-state index in [1.165, 1.54) is 6.20 Å². The Morgan fingerprint density at radius 1 is 1.53 bits per heavy atom. The molecule has 0 amide bonds. The number of nitrogens with zero attached hydrogens (tertiary/aromatic N) is 1. The lowest BCUT2D eigenvalue weighted by molar-refractivity contribution is -0.137. The van der Waals surface area contributed by atoms with Gasteiger partial charge in [-0.15, -0.1) is 11.3 Å². The summed E-state index contributed by atoms with van der Waals surface area (Å²) in [6.45, 7) is 2.46. The first-order valence-corrected chi connectivity index (χ1v) is 6.81. The zero-order valence-corrected chi connectivity index (χ0v) is 11.3. The highest BCUT2D eigenvalue weighted by Crippen LogP contribution is 2.40. The van der Waals surface area contributed by atoms with Crippen LogP contribution in [-0.2, 0) is 10.9 Å². The molecule has 1 aromatic heterocycles. The van der Waals surface area contributed by atoms with Gasteiger partial charge in [0.05, 0.1) is 11.6 Å². The summed E-state index contributed by atoms with van der Waals surface area (Å²) in [6, 6.07) is -0.485. The Bertz CT molecular complexity index is 429. The monoisotopic (exact) mass is 295 g/mol. The molecule has 2 atom stereocenters. The van der Waals surface area contributed by atoms with E-state index >= 15 is 0 Å². The number of hydrazine groups is 1. The minimum atomic E-state index is -4.42. The van der Waals surface area contributed by atoms with Crippen molar-refractivity contribution in [3.63, 3.8) is 0 Å². The maximum atomic E-state index is 12.6. The quantitative estimate of drug-likeness (QED) is 0.665. The number of ether oxygens (including phenoxy) is 1. The van der Waals surface area contributed by atoms with Crippen molar-refractivity contribution in [2.45, 2.75) is 44.0 Å². The van der Waals surface area contributed by atoms with Crippen molar-refractivity contribution in [2.75, 3.05) is 6.61 Å². The van der Waals surface area contributed by atoms with Crippen LogP contribution in [-0.4, -0.2) is 17.2 Å². The average Bonchev–Trinajstić information content (AvgIpc) is 2.79. The van der Waals surface area contributed by atoms with Gasteiger partial charge in [-0.05, 0) is 26.2 Å². The van der Waals surface area contributed by atoms with E-state index in [0.717, 1.165) is 19.3 Å². The van der Waals surface area contributed by atoms with Gasteiger partial charge in [-0.1, -0.05) is 0 Å². The Labute approximate surface area is 113 Å². The predicted octanol–water partition coefficient (Wildman–Crippen LogP) is 2.63. The van der Waals surface area contributed by atoms with Gasteiger partial charge >= 0.3 is 6.18 Å². The first kappa shape index (κ1) is 14.7. The lowest BCUT2D eigenvalue weighted by Crippen LogP contribution is -2.47. The number of nitrogens with two attached hydrogens (primary N) is 1. The van der Waals surface area contributed by atoms with Crippen LogP contribution in [0.25, 0.3) is 0 Å². The lowest BCUT2D eigenvalue weighted by atomic mass is 9.88. The molecule has 0 spiro atoms. The molecule has 1 aromatic rings. The molecule has 3 N–H and O–H groups in total. The molecule has 2 rings (SSSR count). The fourth-order valence-corrected chi connectivity index (χ4v) is 3.28. The summed E-state index contributed by atoms with van der Waals surface area (Å²) in [5.41, 5.74) is 1.98. The van der Waals surface area contributed by atoms with Gasteiger partial charge in [0.1, 0.15) is 0 Å². The molecular weight excluding hydrogens is 279 g/mol. The molecule has 1 saturated heterocycles. The molecule has 4 nitrogen and oxygen atoms in total. The predicted molar refractivity (Wildman–Crippen MR) is 65.4 cm³/mol. The second-order valence-corrected chi connectivity index (χ2v) is 5.85. The third-order valence-corrected chi connectivity index (χ3v) is 4.43. The van der Waals surface area contributed by atoms with Crippen LogP contribution in [0.5, 0.6) is 0 Å². The fraction of sp³-hybridized carbons (Fsp3) is 0.727. The molecule has 0 bridgehead atoms. The molecule has 8 heteroatoms. The number of hydrogen-bond donors (Lipinski definition) is 2. The average molecular weight is 295 g/mol. The molecule has 0 saturated carbocycles. The van der Waals surface area contributed by atoms with Gasteiger partial charge in [-0.25, -0.2) is 10.4 Å². The number of aromatic nitrogens is 1. The Kier molecular flexibility index (Phi) is 4.14. The van der Waals surface area contributed by atoms with Crippen LogP contribution < -0.4 is 11.3 Å². The molecule has 0 aliphatic carbocycles. The van der Waals surface area contributed by atoms with Crippen LogP contribution in [0.15, 0.2) is 6.20 Å². The Morgan fingerprint density at radius 2 is 2.26 bits per heavy atom. The van der Waals surface area contributed by atoms with Gasteiger partial charge in [0.2, 0.25) is 0 Å². The number of nitrogens with one attached hydrogen (secondary N) is 1. The molecule has 1 fully saturated rings. The third-order valence-electron chi connectivity index (χ3n) is 3.33. The van der Waals surface area contributed by atoms with Crippen LogP contribution in [0, 0.1) is 0 Å². The number of alkyl halides is 3. The lowest BCUT2D eigenvalue weighted by Gasteiger charge is -2.39. The Balaban J connectivity index is 2.24. The van der Waals surface area contributed by atoms with Crippen molar-refractivity contribution in [1.82, 2.24) is 10.4 Å². The standard InChI is InChI=1S/C11H16F3N3OS/c1-10(4-2-3-5-18-10)8(17-15)7-6-16-9(19-7)11(12,13)14/h6,8,17H,2-5,15H2,1H3. The molecule has 19 heavy (non-hydrogen) atoms. The summed E-state index contributed by atoms with van der Waals surface area (Å²) in [5, 5.41) is -0.859. The van der Waals surface area contributed by atoms with E-state index in [4.69, 9.17) is 10.6 Å². The summed E-state index contributed by atoms with van der Waals surface area (Å²) in [6.07, 6.45) is -0.512. The van der Waals surface area contributed by atoms with E-state index in [9.17, 15) is 13.2 Å². The SMILES string of the molecule is CC1(C(NN)c2cnc(C(F)(F)F)s2)CCCCO1. The number of rotatable bonds is 3. The van der Waals surface area contributed by atoms with Crippen LogP contribution in [0.2, 0.25) is 0 Å². The van der Waals surface area contributed by atoms with Gasteiger partial charge in [0.25, 0.3) is 0 Å². The number of halogens is 3. The molecule has 1 aliphatic heterocycles. The minimum Gasteiger partial charge on any atom is -0.373 e. The second kappa shape index (κ2) is 5.35. The van der Waals surface area contributed by atoms with Gasteiger partial charge in [0.15, 0.2) is 5.01 Å². The zero-order chi connectivity index (χ0) is 14.1. The van der Waals surface area contributed by atoms with Crippen molar-refractivity contribution in [3.8, 4) is 0 Å². The molecule has 0 radical (unpaired) electrons. The molecule has 1 aliphatic rings. The normalized spacial score (nSPS) is 26.4. The van der Waals surface area contributed by atoms with Crippen molar-refractivity contribution in [3.05, 3.63) is 16.1 Å². The number of hydrogen-bond acceptors (Lipinski definition) is 5. The molecule has 2 unspecified atom stereocenters. The van der Waals surface area contributed by atoms with E-state index in [2.05, 4.69) is 10.4 Å². The molecular formula is C11H16F3N3OS. The largest absolute Gasteiger partial charge is 0.443 e. The van der Waals surface area contributed by atoms with Gasteiger partial charge in [-0.2, -0.15) is 13.2 Å². The van der Waals surface area contributed by atoms with E-state index in [-0.39, 0.29) is 0 Å². The molecule has 0 aromatic carbocycles. The van der Waals surface area contributed by atoms with Gasteiger partial charge in [0, 0.05) is 17.7 Å². The highest BCUT2D eigenvalue weighted by atomic mass is 32.1. The Hall–Kier alpha value is -0.700. The van der Waals surface area contributed by atoms with E-state index < -0.39 is 22.8 Å². The summed E-state index contributed by atoms with van der Waals surface area (Å²) >= 11 is 0.606. The highest BCUT2D eigenvalue weighted by Gasteiger charge is 2.41. The topological polar surface area (TPSA) is 60.2 Å². The Morgan fingerprint density at radius 3 is 2.74 bits per heavy atom. The minimum absolute atomic E-state index is 0.444. The van der Waals surface area contributed by atoms with E-state index in [1.807, 2.05) is 6.92 Å². The number of thiazole rings is 1. The van der Waals surface area contributed by atoms with Crippen LogP contribution in [0.3, 0.4) is 0 Å². The fourth-order valence-electron chi connectivity index (χ4n) is 2.29. The van der Waals surface area contributed by atoms with E-state index in [0.29, 0.717) is 22.8 Å². The van der Waals surface area contributed by atoms with Crippen molar-refractivity contribution < 1.29 is 17.9 Å². The molecule has 2 heterocycles. The van der Waals surface area contributed by atoms with Crippen LogP contribution in [0.1, 0.15) is 42.1 Å². The molecule has 108 valence electrons. The summed E-state index contributed by atoms with van der Waals surface area (Å²) in [5.74, 6) is 5.51. The van der Waals surface area contributed by atoms with Crippen LogP contribution in [0.4, 0.5) is 13.2 Å². The second-order valence-electron chi connectivity index (χ2n) is 4.78. The first-order valence-electron chi connectivity index (χ1n) is 6.00. The van der Waals surface area contributed by atoms with Gasteiger partial charge < -0.3 is 4.74 Å². The maximum absolute atomic E-state index is 12.6. The smallest absolute Gasteiger partial charge is 0.373 e. The maximum Gasteiger partial charge on any atom is 0.443 e. The summed E-state index contributed by atoms with van der Waals surface area (Å²) in [7, 11) is 0. The van der Waals surface area contributed by atoms with Crippen molar-refractivity contribution >= 4 is 11.3 Å². The zero-order valence-electron chi connectivity index (χ0n) is 10.5. The highest BCUT2D eigenvalue weighted by molar-refractivity contribution is 7.11. The van der Waals surface area contributed by atoms with Crippen molar-refractivity contribution in [2.24, 2.45) is 5.84 Å². The first-order chi connectivity index (χ1) is 8.87. The summed E-state index contributed by atoms with van der Waals surface area (Å²) < 4.78 is 43.4. The van der Waals surface area contributed by atoms with E-state index in [1.54, 1.807) is 0 Å². The third kappa shape index (κ3) is 3.07. The van der Waals surface area contributed by atoms with Gasteiger partial charge in [-0.3, -0.25) is 5.84 Å². The van der Waals surface area contributed by atoms with Crippen LogP contribution >= 0.6 is 11.3 Å². The summed E-state index contributed by atoms with van der Waals surface area (Å²) in [4.78, 5) is 3.87.